The van der Waals surface area contributed by atoms with Crippen molar-refractivity contribution in [2.75, 3.05) is 0 Å². The van der Waals surface area contributed by atoms with Crippen LogP contribution in [-0.2, 0) is 0 Å². The minimum Gasteiger partial charge on any atom is -0.453 e. The van der Waals surface area contributed by atoms with Crippen molar-refractivity contribution < 1.29 is 13.9 Å². The van der Waals surface area contributed by atoms with E-state index < -0.39 is 17.8 Å². The van der Waals surface area contributed by atoms with Gasteiger partial charge in [0.05, 0.1) is 5.56 Å². The van der Waals surface area contributed by atoms with Crippen molar-refractivity contribution in [3.8, 4) is 11.5 Å². The second-order valence-corrected chi connectivity index (χ2v) is 4.41. The second-order valence-electron chi connectivity index (χ2n) is 4.41. The van der Waals surface area contributed by atoms with Gasteiger partial charge in [-0.1, -0.05) is 24.3 Å². The highest BCUT2D eigenvalue weighted by atomic mass is 19.1. The number of ether oxygens (including phenoxy) is 1. The minimum atomic E-state index is -0.640. The lowest BCUT2D eigenvalue weighted by Gasteiger charge is -2.15. The van der Waals surface area contributed by atoms with Gasteiger partial charge in [0.15, 0.2) is 11.6 Å². The SMILES string of the molecule is CC(N)c1cccc(F)c1Oc1ccccc1C(N)=O. The maximum Gasteiger partial charge on any atom is 0.252 e. The van der Waals surface area contributed by atoms with Gasteiger partial charge in [-0.05, 0) is 25.1 Å². The van der Waals surface area contributed by atoms with Crippen LogP contribution in [0.2, 0.25) is 0 Å². The number of hydrogen-bond donors (Lipinski definition) is 2. The highest BCUT2D eigenvalue weighted by molar-refractivity contribution is 5.95. The molecule has 1 unspecified atom stereocenters. The van der Waals surface area contributed by atoms with Crippen molar-refractivity contribution in [2.24, 2.45) is 11.5 Å². The van der Waals surface area contributed by atoms with Crippen LogP contribution in [0, 0.1) is 5.82 Å². The van der Waals surface area contributed by atoms with E-state index >= 15 is 0 Å². The summed E-state index contributed by atoms with van der Waals surface area (Å²) in [5.41, 5.74) is 11.8. The normalized spacial score (nSPS) is 11.9. The molecule has 0 fully saturated rings. The maximum absolute atomic E-state index is 13.9. The molecule has 0 saturated carbocycles. The van der Waals surface area contributed by atoms with Crippen LogP contribution in [0.4, 0.5) is 4.39 Å². The highest BCUT2D eigenvalue weighted by Crippen LogP contribution is 2.32. The lowest BCUT2D eigenvalue weighted by atomic mass is 10.1. The fourth-order valence-corrected chi connectivity index (χ4v) is 1.86. The largest absolute Gasteiger partial charge is 0.453 e. The Bertz CT molecular complexity index is 642. The van der Waals surface area contributed by atoms with E-state index in [1.165, 1.54) is 12.1 Å². The Morgan fingerprint density at radius 2 is 1.90 bits per heavy atom. The predicted octanol–water partition coefficient (Wildman–Crippen LogP) is 2.74. The first kappa shape index (κ1) is 14.0. The van der Waals surface area contributed by atoms with Gasteiger partial charge in [-0.3, -0.25) is 4.79 Å². The van der Waals surface area contributed by atoms with Gasteiger partial charge < -0.3 is 16.2 Å². The number of benzene rings is 2. The molecule has 0 heterocycles. The van der Waals surface area contributed by atoms with Crippen molar-refractivity contribution >= 4 is 5.91 Å². The van der Waals surface area contributed by atoms with Crippen LogP contribution >= 0.6 is 0 Å². The molecule has 0 aliphatic rings. The highest BCUT2D eigenvalue weighted by Gasteiger charge is 2.16. The summed E-state index contributed by atoms with van der Waals surface area (Å²) in [7, 11) is 0. The molecule has 0 saturated heterocycles. The molecule has 4 N–H and O–H groups in total. The van der Waals surface area contributed by atoms with E-state index in [9.17, 15) is 9.18 Å². The number of nitrogens with two attached hydrogens (primary N) is 2. The molecule has 0 aliphatic heterocycles. The topological polar surface area (TPSA) is 78.3 Å². The fraction of sp³-hybridized carbons (Fsp3) is 0.133. The monoisotopic (exact) mass is 274 g/mol. The number of amides is 1. The Morgan fingerprint density at radius 1 is 1.20 bits per heavy atom. The van der Waals surface area contributed by atoms with Gasteiger partial charge in [-0.15, -0.1) is 0 Å². The van der Waals surface area contributed by atoms with Gasteiger partial charge in [-0.2, -0.15) is 0 Å². The van der Waals surface area contributed by atoms with Crippen LogP contribution in [0.3, 0.4) is 0 Å². The fourth-order valence-electron chi connectivity index (χ4n) is 1.86. The summed E-state index contributed by atoms with van der Waals surface area (Å²) in [6, 6.07) is 10.5. The van der Waals surface area contributed by atoms with E-state index in [0.717, 1.165) is 0 Å². The second kappa shape index (κ2) is 5.71. The standard InChI is InChI=1S/C15H15FN2O2/c1-9(17)10-6-4-7-12(16)14(10)20-13-8-3-2-5-11(13)15(18)19/h2-9H,17H2,1H3,(H2,18,19). The Hall–Kier alpha value is -2.40. The first-order valence-electron chi connectivity index (χ1n) is 6.11. The van der Waals surface area contributed by atoms with Crippen LogP contribution in [0.15, 0.2) is 42.5 Å². The molecule has 0 bridgehead atoms. The third-order valence-electron chi connectivity index (χ3n) is 2.85. The number of para-hydroxylation sites is 2. The summed E-state index contributed by atoms with van der Waals surface area (Å²) in [4.78, 5) is 11.3. The zero-order valence-corrected chi connectivity index (χ0v) is 11.0. The molecular formula is C15H15FN2O2. The molecule has 0 aromatic heterocycles. The van der Waals surface area contributed by atoms with Crippen molar-refractivity contribution in [1.82, 2.24) is 0 Å². The van der Waals surface area contributed by atoms with Crippen molar-refractivity contribution in [3.05, 3.63) is 59.4 Å². The van der Waals surface area contributed by atoms with Gasteiger partial charge in [0, 0.05) is 11.6 Å². The summed E-state index contributed by atoms with van der Waals surface area (Å²) in [5.74, 6) is -0.971. The molecule has 1 amide bonds. The summed E-state index contributed by atoms with van der Waals surface area (Å²) < 4.78 is 19.5. The van der Waals surface area contributed by atoms with Crippen molar-refractivity contribution in [1.29, 1.82) is 0 Å². The molecule has 0 spiro atoms. The summed E-state index contributed by atoms with van der Waals surface area (Å²) in [6.07, 6.45) is 0. The van der Waals surface area contributed by atoms with Crippen LogP contribution in [0.5, 0.6) is 11.5 Å². The van der Waals surface area contributed by atoms with E-state index in [1.54, 1.807) is 37.3 Å². The number of primary amides is 1. The Kier molecular flexibility index (Phi) is 4.00. The van der Waals surface area contributed by atoms with Crippen molar-refractivity contribution in [3.63, 3.8) is 0 Å². The van der Waals surface area contributed by atoms with E-state index in [0.29, 0.717) is 5.56 Å². The summed E-state index contributed by atoms with van der Waals surface area (Å²) in [5, 5.41) is 0. The number of carbonyl (C=O) groups excluding carboxylic acids is 1. The third-order valence-corrected chi connectivity index (χ3v) is 2.85. The number of rotatable bonds is 4. The van der Waals surface area contributed by atoms with Gasteiger partial charge in [-0.25, -0.2) is 4.39 Å². The molecule has 5 heteroatoms. The average Bonchev–Trinajstić information content (AvgIpc) is 2.41. The van der Waals surface area contributed by atoms with Crippen LogP contribution in [0.25, 0.3) is 0 Å². The molecule has 0 radical (unpaired) electrons. The quantitative estimate of drug-likeness (QED) is 0.899. The first-order valence-corrected chi connectivity index (χ1v) is 6.11. The van der Waals surface area contributed by atoms with Crippen LogP contribution in [0.1, 0.15) is 28.9 Å². The molecule has 0 aliphatic carbocycles. The van der Waals surface area contributed by atoms with Gasteiger partial charge in [0.2, 0.25) is 0 Å². The molecule has 2 rings (SSSR count). The lowest BCUT2D eigenvalue weighted by molar-refractivity contribution is 0.0998. The zero-order valence-electron chi connectivity index (χ0n) is 11.0. The molecule has 2 aromatic carbocycles. The molecule has 20 heavy (non-hydrogen) atoms. The maximum atomic E-state index is 13.9. The Morgan fingerprint density at radius 3 is 2.55 bits per heavy atom. The van der Waals surface area contributed by atoms with E-state index in [4.69, 9.17) is 16.2 Å². The average molecular weight is 274 g/mol. The van der Waals surface area contributed by atoms with E-state index in [2.05, 4.69) is 0 Å². The molecular weight excluding hydrogens is 259 g/mol. The number of hydrogen-bond acceptors (Lipinski definition) is 3. The Balaban J connectivity index is 2.48. The number of carbonyl (C=O) groups is 1. The smallest absolute Gasteiger partial charge is 0.252 e. The molecule has 2 aromatic rings. The first-order chi connectivity index (χ1) is 9.50. The zero-order chi connectivity index (χ0) is 14.7. The molecule has 4 nitrogen and oxygen atoms in total. The Labute approximate surface area is 116 Å². The van der Waals surface area contributed by atoms with Crippen LogP contribution < -0.4 is 16.2 Å². The lowest BCUT2D eigenvalue weighted by Crippen LogP contribution is -2.13. The van der Waals surface area contributed by atoms with Crippen molar-refractivity contribution in [2.45, 2.75) is 13.0 Å². The van der Waals surface area contributed by atoms with Gasteiger partial charge >= 0.3 is 0 Å². The summed E-state index contributed by atoms with van der Waals surface area (Å²) in [6.45, 7) is 1.72. The number of halogens is 1. The summed E-state index contributed by atoms with van der Waals surface area (Å²) >= 11 is 0. The van der Waals surface area contributed by atoms with Gasteiger partial charge in [0.1, 0.15) is 5.75 Å². The van der Waals surface area contributed by atoms with E-state index in [-0.39, 0.29) is 17.1 Å². The third kappa shape index (κ3) is 2.78. The van der Waals surface area contributed by atoms with Crippen LogP contribution in [-0.4, -0.2) is 5.91 Å². The molecule has 104 valence electrons. The molecule has 1 atom stereocenters. The van der Waals surface area contributed by atoms with E-state index in [1.807, 2.05) is 0 Å². The predicted molar refractivity (Wildman–Crippen MR) is 74.0 cm³/mol. The minimum absolute atomic E-state index is 0.0104. The van der Waals surface area contributed by atoms with Gasteiger partial charge in [0.25, 0.3) is 5.91 Å².